The van der Waals surface area contributed by atoms with Gasteiger partial charge >= 0.3 is 0 Å². The largest absolute Gasteiger partial charge is 0.490 e. The van der Waals surface area contributed by atoms with Crippen LogP contribution in [-0.4, -0.2) is 23.1 Å². The highest BCUT2D eigenvalue weighted by Crippen LogP contribution is 2.29. The number of methoxy groups -OCH3 is 1. The minimum Gasteiger partial charge on any atom is -0.490 e. The van der Waals surface area contributed by atoms with Crippen LogP contribution in [0.25, 0.3) is 0 Å². The third kappa shape index (κ3) is 3.84. The van der Waals surface area contributed by atoms with Crippen LogP contribution in [0, 0.1) is 0 Å². The Labute approximate surface area is 124 Å². The van der Waals surface area contributed by atoms with Crippen molar-refractivity contribution in [3.63, 3.8) is 0 Å². The molecule has 0 saturated carbocycles. The normalized spacial score (nSPS) is 11.9. The van der Waals surface area contributed by atoms with Crippen LogP contribution in [0.15, 0.2) is 36.7 Å². The van der Waals surface area contributed by atoms with Crippen LogP contribution in [0.5, 0.6) is 5.75 Å². The molecule has 0 saturated heterocycles. The van der Waals surface area contributed by atoms with Crippen molar-refractivity contribution in [1.29, 1.82) is 0 Å². The lowest BCUT2D eigenvalue weighted by Gasteiger charge is -2.16. The van der Waals surface area contributed by atoms with Crippen LogP contribution in [0.4, 0.5) is 5.82 Å². The first kappa shape index (κ1) is 14.6. The summed E-state index contributed by atoms with van der Waals surface area (Å²) in [5, 5.41) is 3.63. The van der Waals surface area contributed by atoms with E-state index in [1.165, 1.54) is 11.9 Å². The summed E-state index contributed by atoms with van der Waals surface area (Å²) >= 11 is 5.97. The van der Waals surface area contributed by atoms with Gasteiger partial charge < -0.3 is 10.1 Å². The number of halogens is 1. The number of anilines is 1. The fraction of sp³-hybridized carbons (Fsp3) is 0.333. The first-order valence-corrected chi connectivity index (χ1v) is 6.93. The van der Waals surface area contributed by atoms with Gasteiger partial charge in [-0.15, -0.1) is 0 Å². The second-order valence-electron chi connectivity index (χ2n) is 4.62. The molecule has 1 N–H and O–H groups in total. The zero-order valence-electron chi connectivity index (χ0n) is 11.6. The quantitative estimate of drug-likeness (QED) is 0.827. The predicted octanol–water partition coefficient (Wildman–Crippen LogP) is 3.57. The molecule has 0 aliphatic heterocycles. The first-order valence-electron chi connectivity index (χ1n) is 6.55. The van der Waals surface area contributed by atoms with Gasteiger partial charge in [0, 0.05) is 6.04 Å². The zero-order chi connectivity index (χ0) is 14.4. The highest BCUT2D eigenvalue weighted by atomic mass is 35.5. The molecule has 0 spiro atoms. The van der Waals surface area contributed by atoms with Crippen molar-refractivity contribution in [2.24, 2.45) is 0 Å². The molecule has 0 bridgehead atoms. The average molecular weight is 292 g/mol. The molecule has 5 heteroatoms. The SMILES string of the molecule is COc1c(Cl)ncnc1NC(C)CCc1ccccc1. The summed E-state index contributed by atoms with van der Waals surface area (Å²) in [6.07, 6.45) is 3.43. The number of aryl methyl sites for hydroxylation is 1. The van der Waals surface area contributed by atoms with Gasteiger partial charge in [-0.1, -0.05) is 41.9 Å². The van der Waals surface area contributed by atoms with Gasteiger partial charge in [-0.2, -0.15) is 0 Å². The summed E-state index contributed by atoms with van der Waals surface area (Å²) in [7, 11) is 1.56. The molecule has 1 atom stereocenters. The van der Waals surface area contributed by atoms with E-state index in [0.29, 0.717) is 16.7 Å². The molecule has 1 aromatic carbocycles. The Morgan fingerprint density at radius 3 is 2.70 bits per heavy atom. The Balaban J connectivity index is 1.95. The maximum atomic E-state index is 5.97. The molecule has 106 valence electrons. The van der Waals surface area contributed by atoms with Gasteiger partial charge in [-0.05, 0) is 25.3 Å². The summed E-state index contributed by atoms with van der Waals surface area (Å²) < 4.78 is 5.22. The third-order valence-electron chi connectivity index (χ3n) is 3.06. The van der Waals surface area contributed by atoms with Gasteiger partial charge in [0.1, 0.15) is 6.33 Å². The Kier molecular flexibility index (Phi) is 5.18. The molecule has 0 aliphatic rings. The van der Waals surface area contributed by atoms with Gasteiger partial charge in [0.15, 0.2) is 16.7 Å². The number of nitrogens with zero attached hydrogens (tertiary/aromatic N) is 2. The Bertz CT molecular complexity index is 548. The lowest BCUT2D eigenvalue weighted by atomic mass is 10.1. The van der Waals surface area contributed by atoms with Gasteiger partial charge in [0.05, 0.1) is 7.11 Å². The number of rotatable bonds is 6. The van der Waals surface area contributed by atoms with Crippen molar-refractivity contribution < 1.29 is 4.74 Å². The maximum absolute atomic E-state index is 5.97. The van der Waals surface area contributed by atoms with Crippen molar-refractivity contribution >= 4 is 17.4 Å². The summed E-state index contributed by atoms with van der Waals surface area (Å²) in [6, 6.07) is 10.7. The van der Waals surface area contributed by atoms with E-state index >= 15 is 0 Å². The van der Waals surface area contributed by atoms with E-state index in [9.17, 15) is 0 Å². The number of benzene rings is 1. The number of hydrogen-bond acceptors (Lipinski definition) is 4. The van der Waals surface area contributed by atoms with E-state index in [-0.39, 0.29) is 6.04 Å². The predicted molar refractivity (Wildman–Crippen MR) is 81.4 cm³/mol. The topological polar surface area (TPSA) is 47.0 Å². The van der Waals surface area contributed by atoms with E-state index in [2.05, 4.69) is 46.5 Å². The summed E-state index contributed by atoms with van der Waals surface area (Å²) in [5.74, 6) is 1.12. The van der Waals surface area contributed by atoms with Crippen LogP contribution in [0.2, 0.25) is 5.15 Å². The molecule has 20 heavy (non-hydrogen) atoms. The van der Waals surface area contributed by atoms with E-state index in [4.69, 9.17) is 16.3 Å². The van der Waals surface area contributed by atoms with E-state index in [1.54, 1.807) is 7.11 Å². The summed E-state index contributed by atoms with van der Waals surface area (Å²) in [6.45, 7) is 2.11. The highest BCUT2D eigenvalue weighted by Gasteiger charge is 2.12. The zero-order valence-corrected chi connectivity index (χ0v) is 12.4. The average Bonchev–Trinajstić information content (AvgIpc) is 2.46. The Morgan fingerprint density at radius 1 is 1.25 bits per heavy atom. The third-order valence-corrected chi connectivity index (χ3v) is 3.33. The van der Waals surface area contributed by atoms with E-state index < -0.39 is 0 Å². The van der Waals surface area contributed by atoms with Gasteiger partial charge in [0.2, 0.25) is 0 Å². The Hall–Kier alpha value is -1.81. The van der Waals surface area contributed by atoms with Crippen LogP contribution in [0.1, 0.15) is 18.9 Å². The molecule has 1 aromatic heterocycles. The van der Waals surface area contributed by atoms with Gasteiger partial charge in [-0.3, -0.25) is 0 Å². The molecule has 0 fully saturated rings. The van der Waals surface area contributed by atoms with E-state index in [1.807, 2.05) is 6.07 Å². The molecule has 1 heterocycles. The van der Waals surface area contributed by atoms with Crippen molar-refractivity contribution in [2.45, 2.75) is 25.8 Å². The first-order chi connectivity index (χ1) is 9.70. The molecular weight excluding hydrogens is 274 g/mol. The van der Waals surface area contributed by atoms with Crippen LogP contribution >= 0.6 is 11.6 Å². The number of nitrogens with one attached hydrogen (secondary N) is 1. The van der Waals surface area contributed by atoms with Crippen molar-refractivity contribution in [3.8, 4) is 5.75 Å². The molecular formula is C15H18ClN3O. The number of hydrogen-bond donors (Lipinski definition) is 1. The lowest BCUT2D eigenvalue weighted by Crippen LogP contribution is -2.17. The molecule has 1 unspecified atom stereocenters. The molecule has 4 nitrogen and oxygen atoms in total. The van der Waals surface area contributed by atoms with Gasteiger partial charge in [0.25, 0.3) is 0 Å². The van der Waals surface area contributed by atoms with Crippen LogP contribution in [0.3, 0.4) is 0 Å². The smallest absolute Gasteiger partial charge is 0.198 e. The second kappa shape index (κ2) is 7.10. The maximum Gasteiger partial charge on any atom is 0.198 e. The van der Waals surface area contributed by atoms with Crippen LogP contribution in [-0.2, 0) is 6.42 Å². The monoisotopic (exact) mass is 291 g/mol. The number of aromatic nitrogens is 2. The van der Waals surface area contributed by atoms with Crippen molar-refractivity contribution in [1.82, 2.24) is 9.97 Å². The number of ether oxygens (including phenoxy) is 1. The Morgan fingerprint density at radius 2 is 2.00 bits per heavy atom. The van der Waals surface area contributed by atoms with Gasteiger partial charge in [-0.25, -0.2) is 9.97 Å². The lowest BCUT2D eigenvalue weighted by molar-refractivity contribution is 0.412. The minimum absolute atomic E-state index is 0.259. The van der Waals surface area contributed by atoms with E-state index in [0.717, 1.165) is 12.8 Å². The molecule has 2 aromatic rings. The standard InChI is InChI=1S/C15H18ClN3O/c1-11(8-9-12-6-4-3-5-7-12)19-15-13(20-2)14(16)17-10-18-15/h3-7,10-11H,8-9H2,1-2H3,(H,17,18,19). The fourth-order valence-corrected chi connectivity index (χ4v) is 2.18. The highest BCUT2D eigenvalue weighted by molar-refractivity contribution is 6.31. The van der Waals surface area contributed by atoms with Crippen molar-refractivity contribution in [3.05, 3.63) is 47.4 Å². The minimum atomic E-state index is 0.259. The fourth-order valence-electron chi connectivity index (χ4n) is 1.97. The molecule has 0 radical (unpaired) electrons. The second-order valence-corrected chi connectivity index (χ2v) is 4.97. The molecule has 0 amide bonds. The summed E-state index contributed by atoms with van der Waals surface area (Å²) in [5.41, 5.74) is 1.33. The van der Waals surface area contributed by atoms with Crippen molar-refractivity contribution in [2.75, 3.05) is 12.4 Å². The molecule has 2 rings (SSSR count). The molecule has 0 aliphatic carbocycles. The summed E-state index contributed by atoms with van der Waals surface area (Å²) in [4.78, 5) is 8.07. The van der Waals surface area contributed by atoms with Crippen LogP contribution < -0.4 is 10.1 Å².